The second-order valence-electron chi connectivity index (χ2n) is 3.53. The molecule has 1 atom stereocenters. The second kappa shape index (κ2) is 3.53. The lowest BCUT2D eigenvalue weighted by Gasteiger charge is -2.12. The van der Waals surface area contributed by atoms with Gasteiger partial charge in [0.05, 0.1) is 0 Å². The normalized spacial score (nSPS) is 18.7. The molecule has 0 heterocycles. The van der Waals surface area contributed by atoms with E-state index in [2.05, 4.69) is 22.6 Å². The fourth-order valence-corrected chi connectivity index (χ4v) is 2.32. The van der Waals surface area contributed by atoms with Crippen LogP contribution in [0.5, 0.6) is 0 Å². The van der Waals surface area contributed by atoms with E-state index in [0.29, 0.717) is 5.92 Å². The lowest BCUT2D eigenvalue weighted by molar-refractivity contribution is 0.610. The van der Waals surface area contributed by atoms with Crippen molar-refractivity contribution in [2.24, 2.45) is 11.7 Å². The molecule has 1 fully saturated rings. The van der Waals surface area contributed by atoms with Gasteiger partial charge in [-0.25, -0.2) is 4.39 Å². The summed E-state index contributed by atoms with van der Waals surface area (Å²) in [6, 6.07) is 4.94. The van der Waals surface area contributed by atoms with Crippen molar-refractivity contribution in [1.29, 1.82) is 0 Å². The van der Waals surface area contributed by atoms with E-state index < -0.39 is 0 Å². The molecule has 2 N–H and O–H groups in total. The fraction of sp³-hybridized carbons (Fsp3) is 0.400. The molecule has 0 spiro atoms. The van der Waals surface area contributed by atoms with Crippen molar-refractivity contribution >= 4 is 22.6 Å². The number of benzene rings is 1. The van der Waals surface area contributed by atoms with Gasteiger partial charge in [-0.3, -0.25) is 0 Å². The molecular formula is C10H11FIN. The molecule has 13 heavy (non-hydrogen) atoms. The Balaban J connectivity index is 2.28. The highest BCUT2D eigenvalue weighted by atomic mass is 127. The topological polar surface area (TPSA) is 26.0 Å². The highest BCUT2D eigenvalue weighted by Gasteiger charge is 2.30. The number of hydrogen-bond acceptors (Lipinski definition) is 1. The van der Waals surface area contributed by atoms with Crippen LogP contribution < -0.4 is 5.73 Å². The van der Waals surface area contributed by atoms with Crippen LogP contribution in [0.2, 0.25) is 0 Å². The van der Waals surface area contributed by atoms with Crippen molar-refractivity contribution in [3.8, 4) is 0 Å². The minimum absolute atomic E-state index is 0.104. The smallest absolute Gasteiger partial charge is 0.124 e. The Morgan fingerprint density at radius 1 is 1.46 bits per heavy atom. The third kappa shape index (κ3) is 2.02. The second-order valence-corrected chi connectivity index (χ2v) is 4.69. The summed E-state index contributed by atoms with van der Waals surface area (Å²) < 4.78 is 13.7. The van der Waals surface area contributed by atoms with E-state index in [0.717, 1.165) is 9.13 Å². The summed E-state index contributed by atoms with van der Waals surface area (Å²) in [6.45, 7) is 0. The van der Waals surface area contributed by atoms with Crippen LogP contribution in [0.1, 0.15) is 24.4 Å². The molecule has 70 valence electrons. The summed E-state index contributed by atoms with van der Waals surface area (Å²) in [5.41, 5.74) is 7.11. The molecule has 1 aromatic carbocycles. The van der Waals surface area contributed by atoms with Crippen LogP contribution in [0.3, 0.4) is 0 Å². The first-order valence-electron chi connectivity index (χ1n) is 4.39. The molecule has 0 saturated heterocycles. The third-order valence-electron chi connectivity index (χ3n) is 2.45. The van der Waals surface area contributed by atoms with Crippen LogP contribution >= 0.6 is 22.6 Å². The van der Waals surface area contributed by atoms with E-state index in [-0.39, 0.29) is 11.9 Å². The van der Waals surface area contributed by atoms with Crippen LogP contribution in [-0.4, -0.2) is 0 Å². The molecule has 0 radical (unpaired) electrons. The van der Waals surface area contributed by atoms with Crippen LogP contribution in [-0.2, 0) is 0 Å². The number of hydrogen-bond donors (Lipinski definition) is 1. The SMILES string of the molecule is NC(c1ccc(F)cc1I)C1CC1. The van der Waals surface area contributed by atoms with Gasteiger partial charge in [-0.15, -0.1) is 0 Å². The molecule has 1 nitrogen and oxygen atoms in total. The molecule has 1 aliphatic rings. The van der Waals surface area contributed by atoms with Crippen LogP contribution in [0.4, 0.5) is 4.39 Å². The van der Waals surface area contributed by atoms with Gasteiger partial charge in [-0.1, -0.05) is 6.07 Å². The summed E-state index contributed by atoms with van der Waals surface area (Å²) in [5.74, 6) is 0.440. The Morgan fingerprint density at radius 2 is 2.15 bits per heavy atom. The van der Waals surface area contributed by atoms with Crippen molar-refractivity contribution in [2.75, 3.05) is 0 Å². The van der Waals surface area contributed by atoms with Gasteiger partial charge in [0.1, 0.15) is 5.82 Å². The molecule has 0 amide bonds. The molecule has 1 aliphatic carbocycles. The molecule has 1 unspecified atom stereocenters. The van der Waals surface area contributed by atoms with E-state index in [4.69, 9.17) is 5.73 Å². The van der Waals surface area contributed by atoms with Crippen LogP contribution in [0.25, 0.3) is 0 Å². The van der Waals surface area contributed by atoms with Gasteiger partial charge < -0.3 is 5.73 Å². The quantitative estimate of drug-likeness (QED) is 0.833. The third-order valence-corrected chi connectivity index (χ3v) is 3.39. The molecule has 0 aliphatic heterocycles. The zero-order valence-electron chi connectivity index (χ0n) is 7.13. The van der Waals surface area contributed by atoms with Gasteiger partial charge in [0.15, 0.2) is 0 Å². The number of halogens is 2. The molecule has 1 aromatic rings. The zero-order chi connectivity index (χ0) is 9.42. The number of rotatable bonds is 2. The first kappa shape index (κ1) is 9.40. The van der Waals surface area contributed by atoms with Crippen molar-refractivity contribution in [2.45, 2.75) is 18.9 Å². The van der Waals surface area contributed by atoms with Gasteiger partial charge in [0.2, 0.25) is 0 Å². The van der Waals surface area contributed by atoms with Crippen molar-refractivity contribution < 1.29 is 4.39 Å². The highest BCUT2D eigenvalue weighted by molar-refractivity contribution is 14.1. The van der Waals surface area contributed by atoms with Gasteiger partial charge >= 0.3 is 0 Å². The van der Waals surface area contributed by atoms with Gasteiger partial charge in [-0.05, 0) is 59.0 Å². The molecule has 3 heteroatoms. The molecule has 1 saturated carbocycles. The Kier molecular flexibility index (Phi) is 2.55. The minimum atomic E-state index is -0.184. The Bertz CT molecular complexity index is 323. The maximum Gasteiger partial charge on any atom is 0.124 e. The number of nitrogens with two attached hydrogens (primary N) is 1. The average Bonchev–Trinajstić information content (AvgIpc) is 2.85. The average molecular weight is 291 g/mol. The summed E-state index contributed by atoms with van der Waals surface area (Å²) in [7, 11) is 0. The summed E-state index contributed by atoms with van der Waals surface area (Å²) in [4.78, 5) is 0. The van der Waals surface area contributed by atoms with E-state index in [1.165, 1.54) is 25.0 Å². The van der Waals surface area contributed by atoms with E-state index in [1.807, 2.05) is 0 Å². The maximum absolute atomic E-state index is 12.8. The Hall–Kier alpha value is -0.160. The van der Waals surface area contributed by atoms with Crippen LogP contribution in [0.15, 0.2) is 18.2 Å². The molecule has 2 rings (SSSR count). The largest absolute Gasteiger partial charge is 0.324 e. The zero-order valence-corrected chi connectivity index (χ0v) is 9.29. The predicted octanol–water partition coefficient (Wildman–Crippen LogP) is 2.84. The summed E-state index contributed by atoms with van der Waals surface area (Å²) in [5, 5.41) is 0. The summed E-state index contributed by atoms with van der Waals surface area (Å²) in [6.07, 6.45) is 2.43. The van der Waals surface area contributed by atoms with Crippen LogP contribution in [0, 0.1) is 15.3 Å². The molecule has 0 aromatic heterocycles. The van der Waals surface area contributed by atoms with E-state index in [9.17, 15) is 4.39 Å². The minimum Gasteiger partial charge on any atom is -0.324 e. The van der Waals surface area contributed by atoms with Crippen molar-refractivity contribution in [1.82, 2.24) is 0 Å². The van der Waals surface area contributed by atoms with Crippen molar-refractivity contribution in [3.63, 3.8) is 0 Å². The lowest BCUT2D eigenvalue weighted by atomic mass is 10.0. The van der Waals surface area contributed by atoms with E-state index in [1.54, 1.807) is 6.07 Å². The highest BCUT2D eigenvalue weighted by Crippen LogP contribution is 2.40. The standard InChI is InChI=1S/C10H11FIN/c11-7-3-4-8(9(12)5-7)10(13)6-1-2-6/h3-6,10H,1-2,13H2. The van der Waals surface area contributed by atoms with Gasteiger partial charge in [0.25, 0.3) is 0 Å². The van der Waals surface area contributed by atoms with Gasteiger partial charge in [-0.2, -0.15) is 0 Å². The fourth-order valence-electron chi connectivity index (χ4n) is 1.48. The first-order valence-corrected chi connectivity index (χ1v) is 5.47. The van der Waals surface area contributed by atoms with Gasteiger partial charge in [0, 0.05) is 9.61 Å². The summed E-state index contributed by atoms with van der Waals surface area (Å²) >= 11 is 2.14. The molecular weight excluding hydrogens is 280 g/mol. The van der Waals surface area contributed by atoms with E-state index >= 15 is 0 Å². The first-order chi connectivity index (χ1) is 6.18. The Morgan fingerprint density at radius 3 is 2.69 bits per heavy atom. The Labute approximate surface area is 90.7 Å². The monoisotopic (exact) mass is 291 g/mol. The predicted molar refractivity (Wildman–Crippen MR) is 58.8 cm³/mol. The van der Waals surface area contributed by atoms with Crippen molar-refractivity contribution in [3.05, 3.63) is 33.1 Å². The lowest BCUT2D eigenvalue weighted by Crippen LogP contribution is -2.13. The maximum atomic E-state index is 12.8. The molecule has 0 bridgehead atoms.